The first kappa shape index (κ1) is 15.5. The molecule has 21 heavy (non-hydrogen) atoms. The molecule has 4 nitrogen and oxygen atoms in total. The highest BCUT2D eigenvalue weighted by atomic mass is 32.1. The minimum Gasteiger partial charge on any atom is -0.491 e. The third-order valence-electron chi connectivity index (χ3n) is 2.87. The number of thiophene rings is 1. The first-order valence-corrected chi connectivity index (χ1v) is 7.75. The molecule has 0 aliphatic rings. The molecule has 0 aliphatic carbocycles. The lowest BCUT2D eigenvalue weighted by Gasteiger charge is -2.12. The summed E-state index contributed by atoms with van der Waals surface area (Å²) in [5.41, 5.74) is 1.37. The van der Waals surface area contributed by atoms with Crippen LogP contribution < -0.4 is 10.1 Å². The average Bonchev–Trinajstić information content (AvgIpc) is 2.99. The summed E-state index contributed by atoms with van der Waals surface area (Å²) in [6.07, 6.45) is -0.575. The number of hydrogen-bond acceptors (Lipinski definition) is 4. The topological polar surface area (TPSA) is 58.6 Å². The maximum Gasteiger partial charge on any atom is 0.251 e. The Labute approximate surface area is 128 Å². The molecular weight excluding hydrogens is 286 g/mol. The SMILES string of the molecule is CC(C)Oc1ccc(C(=O)NCC(O)c2ccsc2)cc1. The van der Waals surface area contributed by atoms with E-state index in [-0.39, 0.29) is 18.6 Å². The molecule has 1 aromatic carbocycles. The highest BCUT2D eigenvalue weighted by molar-refractivity contribution is 7.07. The number of nitrogens with one attached hydrogen (secondary N) is 1. The fraction of sp³-hybridized carbons (Fsp3) is 0.312. The van der Waals surface area contributed by atoms with E-state index in [9.17, 15) is 9.90 Å². The number of aliphatic hydroxyl groups excluding tert-OH is 1. The van der Waals surface area contributed by atoms with E-state index < -0.39 is 6.10 Å². The Balaban J connectivity index is 1.88. The molecule has 0 spiro atoms. The third kappa shape index (κ3) is 4.58. The van der Waals surface area contributed by atoms with Gasteiger partial charge in [0.05, 0.1) is 12.2 Å². The number of ether oxygens (including phenoxy) is 1. The highest BCUT2D eigenvalue weighted by Crippen LogP contribution is 2.16. The summed E-state index contributed by atoms with van der Waals surface area (Å²) in [4.78, 5) is 12.0. The molecule has 0 saturated heterocycles. The molecule has 1 aromatic heterocycles. The molecule has 2 rings (SSSR count). The van der Waals surface area contributed by atoms with Crippen LogP contribution in [0.4, 0.5) is 0 Å². The predicted octanol–water partition coefficient (Wildman–Crippen LogP) is 3.00. The number of benzene rings is 1. The van der Waals surface area contributed by atoms with Crippen molar-refractivity contribution in [2.75, 3.05) is 6.54 Å². The Bertz CT molecular complexity index is 564. The van der Waals surface area contributed by atoms with Gasteiger partial charge in [0.25, 0.3) is 5.91 Å². The van der Waals surface area contributed by atoms with Gasteiger partial charge in [0, 0.05) is 12.1 Å². The summed E-state index contributed by atoms with van der Waals surface area (Å²) < 4.78 is 5.53. The quantitative estimate of drug-likeness (QED) is 0.862. The molecule has 0 bridgehead atoms. The van der Waals surface area contributed by atoms with Crippen LogP contribution in [-0.2, 0) is 0 Å². The van der Waals surface area contributed by atoms with Crippen molar-refractivity contribution in [1.29, 1.82) is 0 Å². The number of hydrogen-bond donors (Lipinski definition) is 2. The number of aliphatic hydroxyl groups is 1. The highest BCUT2D eigenvalue weighted by Gasteiger charge is 2.11. The Hall–Kier alpha value is -1.85. The first-order valence-electron chi connectivity index (χ1n) is 6.81. The van der Waals surface area contributed by atoms with Crippen molar-refractivity contribution in [2.24, 2.45) is 0 Å². The summed E-state index contributed by atoms with van der Waals surface area (Å²) >= 11 is 1.52. The standard InChI is InChI=1S/C16H19NO3S/c1-11(2)20-14-5-3-12(4-6-14)16(19)17-9-15(18)13-7-8-21-10-13/h3-8,10-11,15,18H,9H2,1-2H3,(H,17,19). The van der Waals surface area contributed by atoms with Gasteiger partial charge >= 0.3 is 0 Å². The summed E-state index contributed by atoms with van der Waals surface area (Å²) in [5, 5.41) is 16.4. The maximum atomic E-state index is 12.0. The van der Waals surface area contributed by atoms with Crippen LogP contribution in [-0.4, -0.2) is 23.7 Å². The Kier molecular flexibility index (Phi) is 5.36. The fourth-order valence-electron chi connectivity index (χ4n) is 1.83. The normalized spacial score (nSPS) is 12.2. The molecule has 1 unspecified atom stereocenters. The number of carbonyl (C=O) groups excluding carboxylic acids is 1. The minimum atomic E-state index is -0.677. The third-order valence-corrected chi connectivity index (χ3v) is 3.57. The second-order valence-electron chi connectivity index (χ2n) is 4.97. The van der Waals surface area contributed by atoms with Crippen molar-refractivity contribution >= 4 is 17.2 Å². The number of rotatable bonds is 6. The van der Waals surface area contributed by atoms with Crippen LogP contribution in [0.3, 0.4) is 0 Å². The van der Waals surface area contributed by atoms with Crippen molar-refractivity contribution < 1.29 is 14.6 Å². The van der Waals surface area contributed by atoms with Crippen LogP contribution in [0.1, 0.15) is 35.9 Å². The van der Waals surface area contributed by atoms with E-state index in [0.29, 0.717) is 5.56 Å². The van der Waals surface area contributed by atoms with Crippen molar-refractivity contribution in [3.05, 3.63) is 52.2 Å². The molecule has 5 heteroatoms. The van der Waals surface area contributed by atoms with E-state index in [2.05, 4.69) is 5.32 Å². The van der Waals surface area contributed by atoms with Gasteiger partial charge in [0.2, 0.25) is 0 Å². The Morgan fingerprint density at radius 2 is 2.00 bits per heavy atom. The maximum absolute atomic E-state index is 12.0. The van der Waals surface area contributed by atoms with Crippen LogP contribution in [0.2, 0.25) is 0 Å². The Morgan fingerprint density at radius 1 is 1.29 bits per heavy atom. The van der Waals surface area contributed by atoms with E-state index in [1.807, 2.05) is 30.7 Å². The lowest BCUT2D eigenvalue weighted by atomic mass is 10.1. The van der Waals surface area contributed by atoms with Gasteiger partial charge in [-0.25, -0.2) is 0 Å². The molecule has 1 amide bonds. The van der Waals surface area contributed by atoms with Crippen LogP contribution in [0.5, 0.6) is 5.75 Å². The van der Waals surface area contributed by atoms with Gasteiger partial charge in [-0.2, -0.15) is 11.3 Å². The largest absolute Gasteiger partial charge is 0.491 e. The molecule has 1 atom stereocenters. The van der Waals surface area contributed by atoms with Gasteiger partial charge < -0.3 is 15.2 Å². The van der Waals surface area contributed by atoms with Crippen LogP contribution >= 0.6 is 11.3 Å². The van der Waals surface area contributed by atoms with E-state index in [1.54, 1.807) is 24.3 Å². The van der Waals surface area contributed by atoms with Crippen LogP contribution in [0, 0.1) is 0 Å². The minimum absolute atomic E-state index is 0.102. The lowest BCUT2D eigenvalue weighted by Crippen LogP contribution is -2.28. The smallest absolute Gasteiger partial charge is 0.251 e. The average molecular weight is 305 g/mol. The fourth-order valence-corrected chi connectivity index (χ4v) is 2.54. The summed E-state index contributed by atoms with van der Waals surface area (Å²) in [6.45, 7) is 4.10. The van der Waals surface area contributed by atoms with Crippen molar-refractivity contribution in [3.8, 4) is 5.75 Å². The molecule has 112 valence electrons. The first-order chi connectivity index (χ1) is 10.1. The van der Waals surface area contributed by atoms with E-state index in [4.69, 9.17) is 4.74 Å². The summed E-state index contributed by atoms with van der Waals surface area (Å²) in [5.74, 6) is 0.528. The van der Waals surface area contributed by atoms with Gasteiger partial charge in [0.1, 0.15) is 5.75 Å². The van der Waals surface area contributed by atoms with E-state index in [1.165, 1.54) is 11.3 Å². The van der Waals surface area contributed by atoms with Gasteiger partial charge in [-0.15, -0.1) is 0 Å². The second kappa shape index (κ2) is 7.24. The van der Waals surface area contributed by atoms with Gasteiger partial charge in [-0.05, 0) is 60.5 Å². The predicted molar refractivity (Wildman–Crippen MR) is 83.8 cm³/mol. The molecule has 0 aliphatic heterocycles. The molecule has 0 radical (unpaired) electrons. The van der Waals surface area contributed by atoms with Gasteiger partial charge in [-0.1, -0.05) is 0 Å². The second-order valence-corrected chi connectivity index (χ2v) is 5.75. The number of carbonyl (C=O) groups is 1. The monoisotopic (exact) mass is 305 g/mol. The van der Waals surface area contributed by atoms with Crippen LogP contribution in [0.25, 0.3) is 0 Å². The van der Waals surface area contributed by atoms with Crippen molar-refractivity contribution in [1.82, 2.24) is 5.32 Å². The van der Waals surface area contributed by atoms with Crippen LogP contribution in [0.15, 0.2) is 41.1 Å². The molecule has 1 heterocycles. The number of amides is 1. The van der Waals surface area contributed by atoms with Gasteiger partial charge in [0.15, 0.2) is 0 Å². The molecular formula is C16H19NO3S. The van der Waals surface area contributed by atoms with E-state index >= 15 is 0 Å². The van der Waals surface area contributed by atoms with E-state index in [0.717, 1.165) is 11.3 Å². The Morgan fingerprint density at radius 3 is 2.57 bits per heavy atom. The molecule has 2 N–H and O–H groups in total. The summed E-state index contributed by atoms with van der Waals surface area (Å²) in [6, 6.07) is 8.81. The molecule has 0 fully saturated rings. The van der Waals surface area contributed by atoms with Crippen molar-refractivity contribution in [3.63, 3.8) is 0 Å². The lowest BCUT2D eigenvalue weighted by molar-refractivity contribution is 0.0916. The zero-order valence-corrected chi connectivity index (χ0v) is 12.9. The molecule has 0 saturated carbocycles. The summed E-state index contributed by atoms with van der Waals surface area (Å²) in [7, 11) is 0. The van der Waals surface area contributed by atoms with Crippen molar-refractivity contribution in [2.45, 2.75) is 26.1 Å². The molecule has 2 aromatic rings. The van der Waals surface area contributed by atoms with Gasteiger partial charge in [-0.3, -0.25) is 4.79 Å². The zero-order valence-electron chi connectivity index (χ0n) is 12.1. The zero-order chi connectivity index (χ0) is 15.2.